The normalized spacial score (nSPS) is 12.8. The fourth-order valence-electron chi connectivity index (χ4n) is 1.69. The minimum atomic E-state index is -0.539. The molecule has 1 aromatic rings. The van der Waals surface area contributed by atoms with E-state index in [1.165, 1.54) is 0 Å². The van der Waals surface area contributed by atoms with Gasteiger partial charge >= 0.3 is 0 Å². The van der Waals surface area contributed by atoms with Gasteiger partial charge in [0.2, 0.25) is 5.91 Å². The molecular weight excluding hydrogens is 254 g/mol. The van der Waals surface area contributed by atoms with Crippen LogP contribution in [0.4, 0.5) is 0 Å². The molecule has 0 bridgehead atoms. The lowest BCUT2D eigenvalue weighted by Crippen LogP contribution is -2.39. The Labute approximate surface area is 121 Å². The monoisotopic (exact) mass is 279 g/mol. The van der Waals surface area contributed by atoms with Crippen LogP contribution in [0.1, 0.15) is 32.8 Å². The van der Waals surface area contributed by atoms with Crippen molar-refractivity contribution in [3.05, 3.63) is 29.8 Å². The Morgan fingerprint density at radius 1 is 1.40 bits per heavy atom. The van der Waals surface area contributed by atoms with Crippen LogP contribution >= 0.6 is 0 Å². The van der Waals surface area contributed by atoms with E-state index in [1.807, 2.05) is 45.0 Å². The van der Waals surface area contributed by atoms with E-state index in [9.17, 15) is 9.90 Å². The summed E-state index contributed by atoms with van der Waals surface area (Å²) < 4.78 is 5.14. The van der Waals surface area contributed by atoms with E-state index >= 15 is 0 Å². The molecule has 1 unspecified atom stereocenters. The molecule has 0 aromatic heterocycles. The van der Waals surface area contributed by atoms with Crippen LogP contribution in [-0.2, 0) is 11.2 Å². The van der Waals surface area contributed by atoms with E-state index in [2.05, 4.69) is 5.32 Å². The zero-order chi connectivity index (χ0) is 15.2. The Balaban J connectivity index is 2.36. The first kappa shape index (κ1) is 16.5. The van der Waals surface area contributed by atoms with Crippen LogP contribution in [0.5, 0.6) is 5.75 Å². The van der Waals surface area contributed by atoms with Gasteiger partial charge in [0.05, 0.1) is 13.2 Å². The third-order valence-electron chi connectivity index (χ3n) is 3.27. The second-order valence-electron chi connectivity index (χ2n) is 6.04. The van der Waals surface area contributed by atoms with Gasteiger partial charge in [0, 0.05) is 13.0 Å². The highest BCUT2D eigenvalue weighted by molar-refractivity contribution is 5.76. The summed E-state index contributed by atoms with van der Waals surface area (Å²) in [5.74, 6) is 0.752. The van der Waals surface area contributed by atoms with Crippen LogP contribution < -0.4 is 10.1 Å². The lowest BCUT2D eigenvalue weighted by atomic mass is 9.89. The molecule has 0 aliphatic rings. The van der Waals surface area contributed by atoms with E-state index in [-0.39, 0.29) is 11.3 Å². The minimum absolute atomic E-state index is 0.0453. The van der Waals surface area contributed by atoms with Gasteiger partial charge in [-0.1, -0.05) is 32.9 Å². The van der Waals surface area contributed by atoms with Gasteiger partial charge in [0.25, 0.3) is 0 Å². The molecule has 1 amide bonds. The summed E-state index contributed by atoms with van der Waals surface area (Å²) in [5, 5.41) is 12.6. The molecular formula is C16H25NO3. The van der Waals surface area contributed by atoms with Gasteiger partial charge < -0.3 is 15.2 Å². The number of nitrogens with one attached hydrogen (secondary N) is 1. The predicted molar refractivity (Wildman–Crippen MR) is 79.8 cm³/mol. The fourth-order valence-corrected chi connectivity index (χ4v) is 1.69. The van der Waals surface area contributed by atoms with Crippen LogP contribution in [0.2, 0.25) is 0 Å². The third kappa shape index (κ3) is 5.61. The van der Waals surface area contributed by atoms with E-state index in [4.69, 9.17) is 4.74 Å². The summed E-state index contributed by atoms with van der Waals surface area (Å²) in [4.78, 5) is 11.7. The third-order valence-corrected chi connectivity index (χ3v) is 3.27. The number of ether oxygens (including phenoxy) is 1. The maximum absolute atomic E-state index is 11.7. The number of carbonyl (C=O) groups excluding carboxylic acids is 1. The molecule has 0 aliphatic heterocycles. The number of carbonyl (C=O) groups is 1. The molecule has 0 heterocycles. The number of hydrogen-bond acceptors (Lipinski definition) is 3. The summed E-state index contributed by atoms with van der Waals surface area (Å²) in [6.45, 7) is 6.13. The molecule has 0 radical (unpaired) electrons. The molecule has 4 heteroatoms. The molecule has 1 rings (SSSR count). The van der Waals surface area contributed by atoms with Gasteiger partial charge in [0.1, 0.15) is 5.75 Å². The maximum atomic E-state index is 11.7. The zero-order valence-corrected chi connectivity index (χ0v) is 12.8. The second-order valence-corrected chi connectivity index (χ2v) is 6.04. The van der Waals surface area contributed by atoms with Crippen molar-refractivity contribution in [1.29, 1.82) is 0 Å². The molecule has 20 heavy (non-hydrogen) atoms. The van der Waals surface area contributed by atoms with Crippen molar-refractivity contribution in [2.24, 2.45) is 5.41 Å². The molecule has 0 spiro atoms. The van der Waals surface area contributed by atoms with Gasteiger partial charge in [0.15, 0.2) is 0 Å². The van der Waals surface area contributed by atoms with Crippen molar-refractivity contribution in [3.8, 4) is 5.75 Å². The van der Waals surface area contributed by atoms with Crippen LogP contribution in [0.3, 0.4) is 0 Å². The smallest absolute Gasteiger partial charge is 0.220 e. The SMILES string of the molecule is COc1cccc(CCC(=O)NCC(O)C(C)(C)C)c1. The van der Waals surface area contributed by atoms with Gasteiger partial charge in [-0.2, -0.15) is 0 Å². The van der Waals surface area contributed by atoms with Crippen LogP contribution in [-0.4, -0.2) is 30.8 Å². The van der Waals surface area contributed by atoms with E-state index in [0.29, 0.717) is 19.4 Å². The Morgan fingerprint density at radius 2 is 2.10 bits per heavy atom. The highest BCUT2D eigenvalue weighted by Crippen LogP contribution is 2.18. The summed E-state index contributed by atoms with van der Waals surface area (Å²) in [5.41, 5.74) is 0.843. The maximum Gasteiger partial charge on any atom is 0.220 e. The minimum Gasteiger partial charge on any atom is -0.497 e. The summed E-state index contributed by atoms with van der Waals surface area (Å²) in [6, 6.07) is 7.69. The van der Waals surface area contributed by atoms with Crippen molar-refractivity contribution in [2.75, 3.05) is 13.7 Å². The Morgan fingerprint density at radius 3 is 2.70 bits per heavy atom. The standard InChI is InChI=1S/C16H25NO3/c1-16(2,3)14(18)11-17-15(19)9-8-12-6-5-7-13(10-12)20-4/h5-7,10,14,18H,8-9,11H2,1-4H3,(H,17,19). The molecule has 112 valence electrons. The zero-order valence-electron chi connectivity index (χ0n) is 12.8. The van der Waals surface area contributed by atoms with Crippen LogP contribution in [0, 0.1) is 5.41 Å². The van der Waals surface area contributed by atoms with E-state index in [0.717, 1.165) is 11.3 Å². The molecule has 0 fully saturated rings. The fraction of sp³-hybridized carbons (Fsp3) is 0.562. The topological polar surface area (TPSA) is 58.6 Å². The highest BCUT2D eigenvalue weighted by atomic mass is 16.5. The van der Waals surface area contributed by atoms with Crippen molar-refractivity contribution in [3.63, 3.8) is 0 Å². The molecule has 1 aromatic carbocycles. The quantitative estimate of drug-likeness (QED) is 0.839. The van der Waals surface area contributed by atoms with Gasteiger partial charge in [-0.25, -0.2) is 0 Å². The average molecular weight is 279 g/mol. The number of hydrogen-bond donors (Lipinski definition) is 2. The summed E-state index contributed by atoms with van der Waals surface area (Å²) in [7, 11) is 1.62. The van der Waals surface area contributed by atoms with E-state index < -0.39 is 6.10 Å². The Hall–Kier alpha value is -1.55. The van der Waals surface area contributed by atoms with Crippen LogP contribution in [0.25, 0.3) is 0 Å². The predicted octanol–water partition coefficient (Wildman–Crippen LogP) is 2.15. The Bertz CT molecular complexity index is 438. The lowest BCUT2D eigenvalue weighted by molar-refractivity contribution is -0.121. The number of amides is 1. The molecule has 2 N–H and O–H groups in total. The average Bonchev–Trinajstić information content (AvgIpc) is 2.41. The first-order valence-electron chi connectivity index (χ1n) is 6.90. The van der Waals surface area contributed by atoms with Gasteiger partial charge in [-0.3, -0.25) is 4.79 Å². The summed E-state index contributed by atoms with van der Waals surface area (Å²) in [6.07, 6.45) is 0.529. The van der Waals surface area contributed by atoms with Crippen LogP contribution in [0.15, 0.2) is 24.3 Å². The molecule has 0 saturated heterocycles. The summed E-state index contributed by atoms with van der Waals surface area (Å²) >= 11 is 0. The number of aliphatic hydroxyl groups is 1. The molecule has 1 atom stereocenters. The highest BCUT2D eigenvalue weighted by Gasteiger charge is 2.22. The van der Waals surface area contributed by atoms with Crippen molar-refractivity contribution >= 4 is 5.91 Å². The van der Waals surface area contributed by atoms with Crippen molar-refractivity contribution in [2.45, 2.75) is 39.7 Å². The number of aliphatic hydroxyl groups excluding tert-OH is 1. The van der Waals surface area contributed by atoms with E-state index in [1.54, 1.807) is 7.11 Å². The number of rotatable bonds is 6. The number of benzene rings is 1. The lowest BCUT2D eigenvalue weighted by Gasteiger charge is -2.25. The van der Waals surface area contributed by atoms with Crippen molar-refractivity contribution in [1.82, 2.24) is 5.32 Å². The first-order chi connectivity index (χ1) is 9.32. The second kappa shape index (κ2) is 7.29. The molecule has 0 aliphatic carbocycles. The first-order valence-corrected chi connectivity index (χ1v) is 6.90. The van der Waals surface area contributed by atoms with Gasteiger partial charge in [-0.15, -0.1) is 0 Å². The number of methoxy groups -OCH3 is 1. The molecule has 4 nitrogen and oxygen atoms in total. The largest absolute Gasteiger partial charge is 0.497 e. The Kier molecular flexibility index (Phi) is 6.02. The van der Waals surface area contributed by atoms with Gasteiger partial charge in [-0.05, 0) is 29.5 Å². The molecule has 0 saturated carbocycles. The van der Waals surface area contributed by atoms with Crippen molar-refractivity contribution < 1.29 is 14.6 Å². The number of aryl methyl sites for hydroxylation is 1.